The fraction of sp³-hybridized carbons (Fsp3) is 0.923. The summed E-state index contributed by atoms with van der Waals surface area (Å²) in [7, 11) is 0. The van der Waals surface area contributed by atoms with Gasteiger partial charge in [-0.1, -0.05) is 13.8 Å². The highest BCUT2D eigenvalue weighted by Crippen LogP contribution is 2.32. The first-order chi connectivity index (χ1) is 7.47. The predicted octanol–water partition coefficient (Wildman–Crippen LogP) is 2.57. The van der Waals surface area contributed by atoms with E-state index in [1.165, 1.54) is 6.42 Å². The molecule has 0 spiro atoms. The first-order valence-corrected chi connectivity index (χ1v) is 6.50. The highest BCUT2D eigenvalue weighted by atomic mass is 35.5. The van der Waals surface area contributed by atoms with Crippen LogP contribution in [0, 0.1) is 5.41 Å². The van der Waals surface area contributed by atoms with Crippen molar-refractivity contribution < 1.29 is 4.79 Å². The molecule has 1 aliphatic rings. The quantitative estimate of drug-likeness (QED) is 0.847. The van der Waals surface area contributed by atoms with Gasteiger partial charge in [-0.2, -0.15) is 0 Å². The monoisotopic (exact) mass is 262 g/mol. The van der Waals surface area contributed by atoms with Gasteiger partial charge in [0, 0.05) is 25.6 Å². The Bertz CT molecular complexity index is 246. The lowest BCUT2D eigenvalue weighted by molar-refractivity contribution is -0.134. The Hall–Kier alpha value is -0.280. The molecule has 0 aromatic rings. The highest BCUT2D eigenvalue weighted by Gasteiger charge is 2.31. The van der Waals surface area contributed by atoms with Crippen LogP contribution in [0.15, 0.2) is 0 Å². The van der Waals surface area contributed by atoms with Gasteiger partial charge in [0.05, 0.1) is 0 Å². The van der Waals surface area contributed by atoms with Crippen LogP contribution in [0.3, 0.4) is 0 Å². The van der Waals surface area contributed by atoms with E-state index in [1.54, 1.807) is 0 Å². The fourth-order valence-electron chi connectivity index (χ4n) is 2.33. The van der Waals surface area contributed by atoms with Crippen LogP contribution in [0.2, 0.25) is 0 Å². The Morgan fingerprint density at radius 2 is 2.18 bits per heavy atom. The van der Waals surface area contributed by atoms with E-state index in [4.69, 9.17) is 5.73 Å². The highest BCUT2D eigenvalue weighted by molar-refractivity contribution is 5.85. The van der Waals surface area contributed by atoms with E-state index in [1.807, 2.05) is 11.8 Å². The van der Waals surface area contributed by atoms with Crippen LogP contribution >= 0.6 is 12.4 Å². The Balaban J connectivity index is 0.00000256. The second kappa shape index (κ2) is 7.22. The lowest BCUT2D eigenvalue weighted by Gasteiger charge is -2.40. The van der Waals surface area contributed by atoms with Gasteiger partial charge >= 0.3 is 0 Å². The van der Waals surface area contributed by atoms with Gasteiger partial charge in [0.2, 0.25) is 5.91 Å². The van der Waals surface area contributed by atoms with Crippen LogP contribution in [0.4, 0.5) is 0 Å². The zero-order valence-electron chi connectivity index (χ0n) is 11.4. The summed E-state index contributed by atoms with van der Waals surface area (Å²) < 4.78 is 0. The molecule has 1 amide bonds. The van der Waals surface area contributed by atoms with Crippen LogP contribution < -0.4 is 5.73 Å². The predicted molar refractivity (Wildman–Crippen MR) is 74.3 cm³/mol. The molecule has 0 aliphatic carbocycles. The molecule has 1 heterocycles. The minimum Gasteiger partial charge on any atom is -0.342 e. The maximum atomic E-state index is 12.0. The summed E-state index contributed by atoms with van der Waals surface area (Å²) in [5.74, 6) is 0.289. The van der Waals surface area contributed by atoms with Crippen molar-refractivity contribution in [2.24, 2.45) is 11.1 Å². The molecule has 4 heteroatoms. The first kappa shape index (κ1) is 16.7. The molecule has 0 aromatic heterocycles. The summed E-state index contributed by atoms with van der Waals surface area (Å²) in [6.45, 7) is 8.34. The van der Waals surface area contributed by atoms with Crippen molar-refractivity contribution in [3.63, 3.8) is 0 Å². The number of carbonyl (C=O) groups excluding carboxylic acids is 1. The van der Waals surface area contributed by atoms with Gasteiger partial charge in [0.1, 0.15) is 0 Å². The van der Waals surface area contributed by atoms with Gasteiger partial charge < -0.3 is 10.6 Å². The molecule has 17 heavy (non-hydrogen) atoms. The average Bonchev–Trinajstić information content (AvgIpc) is 2.26. The number of hydrogen-bond donors (Lipinski definition) is 1. The van der Waals surface area contributed by atoms with E-state index in [0.29, 0.717) is 11.8 Å². The van der Waals surface area contributed by atoms with E-state index < -0.39 is 0 Å². The Labute approximate surface area is 112 Å². The zero-order valence-corrected chi connectivity index (χ0v) is 12.2. The van der Waals surface area contributed by atoms with Gasteiger partial charge in [-0.05, 0) is 38.0 Å². The minimum absolute atomic E-state index is 0. The van der Waals surface area contributed by atoms with Crippen molar-refractivity contribution in [1.82, 2.24) is 4.90 Å². The van der Waals surface area contributed by atoms with Crippen molar-refractivity contribution >= 4 is 18.3 Å². The van der Waals surface area contributed by atoms with Crippen molar-refractivity contribution in [3.05, 3.63) is 0 Å². The number of likely N-dealkylation sites (tertiary alicyclic amines) is 1. The van der Waals surface area contributed by atoms with Gasteiger partial charge in [-0.15, -0.1) is 12.4 Å². The maximum absolute atomic E-state index is 12.0. The summed E-state index contributed by atoms with van der Waals surface area (Å²) in [4.78, 5) is 14.0. The van der Waals surface area contributed by atoms with Crippen molar-refractivity contribution in [2.75, 3.05) is 13.1 Å². The lowest BCUT2D eigenvalue weighted by Crippen LogP contribution is -2.44. The molecule has 2 N–H and O–H groups in total. The number of nitrogens with zero attached hydrogens (tertiary/aromatic N) is 1. The molecule has 1 aliphatic heterocycles. The van der Waals surface area contributed by atoms with Crippen molar-refractivity contribution in [1.29, 1.82) is 0 Å². The minimum atomic E-state index is 0. The molecule has 0 radical (unpaired) electrons. The SMILES string of the molecule is CCC1(C)CCCN(C(=O)CCC(C)N)C1.Cl. The third-order valence-corrected chi connectivity index (χ3v) is 3.80. The van der Waals surface area contributed by atoms with E-state index >= 15 is 0 Å². The largest absolute Gasteiger partial charge is 0.342 e. The van der Waals surface area contributed by atoms with E-state index in [-0.39, 0.29) is 24.4 Å². The van der Waals surface area contributed by atoms with E-state index in [9.17, 15) is 4.79 Å². The van der Waals surface area contributed by atoms with Crippen LogP contribution in [0.5, 0.6) is 0 Å². The molecule has 0 aromatic carbocycles. The second-order valence-corrected chi connectivity index (χ2v) is 5.60. The summed E-state index contributed by atoms with van der Waals surface area (Å²) in [5.41, 5.74) is 6.01. The molecule has 102 valence electrons. The molecule has 0 bridgehead atoms. The molecule has 1 fully saturated rings. The maximum Gasteiger partial charge on any atom is 0.222 e. The molecule has 1 saturated heterocycles. The number of nitrogens with two attached hydrogens (primary N) is 1. The topological polar surface area (TPSA) is 46.3 Å². The number of rotatable bonds is 4. The molecule has 0 saturated carbocycles. The molecular weight excluding hydrogens is 236 g/mol. The third-order valence-electron chi connectivity index (χ3n) is 3.80. The summed E-state index contributed by atoms with van der Waals surface area (Å²) in [5, 5.41) is 0. The number of piperidine rings is 1. The number of carbonyl (C=O) groups is 1. The number of amides is 1. The summed E-state index contributed by atoms with van der Waals surface area (Å²) in [6, 6.07) is 0.131. The van der Waals surface area contributed by atoms with Gasteiger partial charge in [0.25, 0.3) is 0 Å². The smallest absolute Gasteiger partial charge is 0.222 e. The van der Waals surface area contributed by atoms with Crippen molar-refractivity contribution in [3.8, 4) is 0 Å². The Morgan fingerprint density at radius 1 is 1.53 bits per heavy atom. The van der Waals surface area contributed by atoms with Crippen molar-refractivity contribution in [2.45, 2.75) is 58.9 Å². The van der Waals surface area contributed by atoms with E-state index in [0.717, 1.165) is 32.4 Å². The van der Waals surface area contributed by atoms with E-state index in [2.05, 4.69) is 13.8 Å². The second-order valence-electron chi connectivity index (χ2n) is 5.60. The Morgan fingerprint density at radius 3 is 2.71 bits per heavy atom. The molecule has 3 nitrogen and oxygen atoms in total. The first-order valence-electron chi connectivity index (χ1n) is 6.50. The molecule has 2 atom stereocenters. The van der Waals surface area contributed by atoms with Gasteiger partial charge in [-0.3, -0.25) is 4.79 Å². The van der Waals surface area contributed by atoms with Gasteiger partial charge in [-0.25, -0.2) is 0 Å². The molecule has 2 unspecified atom stereocenters. The Kier molecular flexibility index (Phi) is 7.10. The normalized spacial score (nSPS) is 26.2. The van der Waals surface area contributed by atoms with Crippen LogP contribution in [0.1, 0.15) is 52.9 Å². The summed E-state index contributed by atoms with van der Waals surface area (Å²) >= 11 is 0. The van der Waals surface area contributed by atoms with Crippen LogP contribution in [0.25, 0.3) is 0 Å². The molecular formula is C13H27ClN2O. The number of halogens is 1. The van der Waals surface area contributed by atoms with Crippen LogP contribution in [-0.4, -0.2) is 29.9 Å². The fourth-order valence-corrected chi connectivity index (χ4v) is 2.33. The summed E-state index contributed by atoms with van der Waals surface area (Å²) in [6.07, 6.45) is 4.97. The third kappa shape index (κ3) is 5.26. The number of hydrogen-bond acceptors (Lipinski definition) is 2. The lowest BCUT2D eigenvalue weighted by atomic mass is 9.79. The zero-order chi connectivity index (χ0) is 12.2. The van der Waals surface area contributed by atoms with Crippen LogP contribution in [-0.2, 0) is 4.79 Å². The average molecular weight is 263 g/mol. The van der Waals surface area contributed by atoms with Gasteiger partial charge in [0.15, 0.2) is 0 Å². The molecule has 1 rings (SSSR count). The standard InChI is InChI=1S/C13H26N2O.ClH/c1-4-13(3)8-5-9-15(10-13)12(16)7-6-11(2)14;/h11H,4-10,14H2,1-3H3;1H.